The minimum atomic E-state index is -2.59. The lowest BCUT2D eigenvalue weighted by Crippen LogP contribution is -2.04. The largest absolute Gasteiger partial charge is 0.249 e. The maximum absolute atomic E-state index is 11.7. The molecule has 0 spiro atoms. The summed E-state index contributed by atoms with van der Waals surface area (Å²) in [4.78, 5) is 4.55. The molecule has 72 valence electrons. The van der Waals surface area contributed by atoms with Gasteiger partial charge in [0.05, 0.1) is 14.6 Å². The maximum Gasteiger partial charge on any atom is 0.101 e. The van der Waals surface area contributed by atoms with Crippen LogP contribution in [0, 0.1) is 8.48 Å². The molecule has 0 bridgehead atoms. The van der Waals surface area contributed by atoms with Crippen LogP contribution < -0.4 is 0 Å². The van der Waals surface area contributed by atoms with Crippen LogP contribution in [0.5, 0.6) is 0 Å². The van der Waals surface area contributed by atoms with Crippen LogP contribution in [0.15, 0.2) is 23.2 Å². The van der Waals surface area contributed by atoms with E-state index in [1.54, 1.807) is 12.1 Å². The molecule has 1 rings (SSSR count). The van der Waals surface area contributed by atoms with Crippen molar-refractivity contribution in [2.75, 3.05) is 5.75 Å². The SMILES string of the molecule is CCCS(=N)(=O)c1ccc(I)nc1. The molecular formula is C8H11IN2OS. The van der Waals surface area contributed by atoms with E-state index in [4.69, 9.17) is 4.78 Å². The predicted molar refractivity (Wildman–Crippen MR) is 61.2 cm³/mol. The van der Waals surface area contributed by atoms with Gasteiger partial charge in [-0.2, -0.15) is 0 Å². The number of nitrogens with one attached hydrogen (secondary N) is 1. The van der Waals surface area contributed by atoms with Crippen molar-refractivity contribution in [3.05, 3.63) is 22.0 Å². The third-order valence-corrected chi connectivity index (χ3v) is 4.20. The third-order valence-electron chi connectivity index (χ3n) is 1.57. The molecule has 13 heavy (non-hydrogen) atoms. The summed E-state index contributed by atoms with van der Waals surface area (Å²) in [5.74, 6) is 0.412. The first kappa shape index (κ1) is 10.9. The Morgan fingerprint density at radius 1 is 1.62 bits per heavy atom. The molecule has 0 aliphatic heterocycles. The maximum atomic E-state index is 11.7. The number of hydrogen-bond donors (Lipinski definition) is 1. The van der Waals surface area contributed by atoms with Gasteiger partial charge in [-0.3, -0.25) is 0 Å². The quantitative estimate of drug-likeness (QED) is 0.689. The molecular weight excluding hydrogens is 299 g/mol. The molecule has 0 aliphatic rings. The van der Waals surface area contributed by atoms with Crippen LogP contribution in [0.4, 0.5) is 0 Å². The molecule has 3 nitrogen and oxygen atoms in total. The highest BCUT2D eigenvalue weighted by Crippen LogP contribution is 2.12. The van der Waals surface area contributed by atoms with Crippen molar-refractivity contribution in [3.8, 4) is 0 Å². The van der Waals surface area contributed by atoms with Crippen molar-refractivity contribution in [1.82, 2.24) is 4.98 Å². The van der Waals surface area contributed by atoms with Crippen LogP contribution >= 0.6 is 22.6 Å². The number of aromatic nitrogens is 1. The summed E-state index contributed by atoms with van der Waals surface area (Å²) >= 11 is 2.08. The summed E-state index contributed by atoms with van der Waals surface area (Å²) < 4.78 is 20.2. The molecule has 5 heteroatoms. The predicted octanol–water partition coefficient (Wildman–Crippen LogP) is 2.50. The van der Waals surface area contributed by atoms with Gasteiger partial charge in [0.25, 0.3) is 0 Å². The lowest BCUT2D eigenvalue weighted by Gasteiger charge is -2.04. The van der Waals surface area contributed by atoms with E-state index in [1.807, 2.05) is 6.92 Å². The van der Waals surface area contributed by atoms with Gasteiger partial charge in [-0.25, -0.2) is 14.0 Å². The van der Waals surface area contributed by atoms with Crippen molar-refractivity contribution in [1.29, 1.82) is 4.78 Å². The van der Waals surface area contributed by atoms with Gasteiger partial charge in [0.2, 0.25) is 0 Å². The van der Waals surface area contributed by atoms with E-state index >= 15 is 0 Å². The van der Waals surface area contributed by atoms with Crippen molar-refractivity contribution in [3.63, 3.8) is 0 Å². The van der Waals surface area contributed by atoms with Gasteiger partial charge in [-0.15, -0.1) is 0 Å². The van der Waals surface area contributed by atoms with Crippen LogP contribution in [0.3, 0.4) is 0 Å². The van der Waals surface area contributed by atoms with Crippen molar-refractivity contribution in [2.45, 2.75) is 18.2 Å². The molecule has 0 aromatic carbocycles. The Labute approximate surface area is 92.1 Å². The lowest BCUT2D eigenvalue weighted by molar-refractivity contribution is 0.673. The van der Waals surface area contributed by atoms with E-state index in [2.05, 4.69) is 27.6 Å². The molecule has 0 fully saturated rings. The minimum absolute atomic E-state index is 0.412. The van der Waals surface area contributed by atoms with Crippen LogP contribution in [0.2, 0.25) is 0 Å². The van der Waals surface area contributed by atoms with Crippen LogP contribution in [0.25, 0.3) is 0 Å². The van der Waals surface area contributed by atoms with Gasteiger partial charge < -0.3 is 0 Å². The summed E-state index contributed by atoms with van der Waals surface area (Å²) in [6.07, 6.45) is 2.29. The zero-order valence-corrected chi connectivity index (χ0v) is 10.3. The monoisotopic (exact) mass is 310 g/mol. The number of hydrogen-bond acceptors (Lipinski definition) is 3. The first-order valence-corrected chi connectivity index (χ1v) is 6.75. The summed E-state index contributed by atoms with van der Waals surface area (Å²) in [5, 5.41) is 0. The highest BCUT2D eigenvalue weighted by molar-refractivity contribution is 14.1. The highest BCUT2D eigenvalue weighted by Gasteiger charge is 2.08. The fourth-order valence-corrected chi connectivity index (χ4v) is 2.60. The minimum Gasteiger partial charge on any atom is -0.249 e. The number of rotatable bonds is 3. The number of halogens is 1. The molecule has 0 radical (unpaired) electrons. The van der Waals surface area contributed by atoms with Gasteiger partial charge >= 0.3 is 0 Å². The molecule has 1 N–H and O–H groups in total. The lowest BCUT2D eigenvalue weighted by atomic mass is 10.5. The average molecular weight is 310 g/mol. The van der Waals surface area contributed by atoms with Crippen molar-refractivity contribution >= 4 is 32.3 Å². The number of nitrogens with zero attached hydrogens (tertiary/aromatic N) is 1. The Bertz CT molecular complexity index is 372. The topological polar surface area (TPSA) is 53.8 Å². The van der Waals surface area contributed by atoms with Crippen LogP contribution in [-0.4, -0.2) is 14.9 Å². The molecule has 1 heterocycles. The standard InChI is InChI=1S/C8H11IN2OS/c1-2-5-13(10,12)7-3-4-8(9)11-6-7/h3-4,6,10H,2,5H2,1H3. The normalized spacial score (nSPS) is 15.2. The zero-order chi connectivity index (χ0) is 9.90. The molecule has 1 unspecified atom stereocenters. The van der Waals surface area contributed by atoms with E-state index in [0.717, 1.165) is 10.1 Å². The zero-order valence-electron chi connectivity index (χ0n) is 7.29. The Morgan fingerprint density at radius 2 is 2.31 bits per heavy atom. The van der Waals surface area contributed by atoms with Gasteiger partial charge in [0, 0.05) is 11.9 Å². The number of pyridine rings is 1. The first-order chi connectivity index (χ1) is 6.06. The molecule has 0 saturated carbocycles. The molecule has 1 atom stereocenters. The fraction of sp³-hybridized carbons (Fsp3) is 0.375. The van der Waals surface area contributed by atoms with Crippen molar-refractivity contribution in [2.24, 2.45) is 0 Å². The Kier molecular flexibility index (Phi) is 3.66. The van der Waals surface area contributed by atoms with E-state index < -0.39 is 9.73 Å². The highest BCUT2D eigenvalue weighted by atomic mass is 127. The Balaban J connectivity index is 3.02. The summed E-state index contributed by atoms with van der Waals surface area (Å²) in [6.45, 7) is 1.92. The Morgan fingerprint density at radius 3 is 2.77 bits per heavy atom. The summed E-state index contributed by atoms with van der Waals surface area (Å²) in [7, 11) is -2.59. The Hall–Kier alpha value is -0.170. The summed E-state index contributed by atoms with van der Waals surface area (Å²) in [6, 6.07) is 3.50. The molecule has 0 aliphatic carbocycles. The van der Waals surface area contributed by atoms with Crippen LogP contribution in [0.1, 0.15) is 13.3 Å². The van der Waals surface area contributed by atoms with Gasteiger partial charge in [0.15, 0.2) is 0 Å². The summed E-state index contributed by atoms with van der Waals surface area (Å²) in [5.41, 5.74) is 0. The van der Waals surface area contributed by atoms with Gasteiger partial charge in [-0.1, -0.05) is 6.92 Å². The molecule has 0 saturated heterocycles. The van der Waals surface area contributed by atoms with Gasteiger partial charge in [-0.05, 0) is 41.1 Å². The molecule has 1 aromatic rings. The van der Waals surface area contributed by atoms with E-state index in [1.165, 1.54) is 6.20 Å². The smallest absolute Gasteiger partial charge is 0.101 e. The van der Waals surface area contributed by atoms with E-state index in [0.29, 0.717) is 10.6 Å². The fourth-order valence-electron chi connectivity index (χ4n) is 0.963. The van der Waals surface area contributed by atoms with E-state index in [9.17, 15) is 4.21 Å². The molecule has 1 aromatic heterocycles. The first-order valence-electron chi connectivity index (χ1n) is 3.94. The average Bonchev–Trinajstić information content (AvgIpc) is 2.05. The second-order valence-corrected chi connectivity index (χ2v) is 6.03. The second-order valence-electron chi connectivity index (χ2n) is 2.70. The van der Waals surface area contributed by atoms with Gasteiger partial charge in [0.1, 0.15) is 3.70 Å². The molecule has 0 amide bonds. The van der Waals surface area contributed by atoms with Crippen molar-refractivity contribution < 1.29 is 4.21 Å². The van der Waals surface area contributed by atoms with Crippen LogP contribution in [-0.2, 0) is 9.73 Å². The third kappa shape index (κ3) is 2.91. The second kappa shape index (κ2) is 4.36. The van der Waals surface area contributed by atoms with E-state index in [-0.39, 0.29) is 0 Å².